The monoisotopic (exact) mass is 367 g/mol. The molecule has 0 aliphatic carbocycles. The van der Waals surface area contributed by atoms with Crippen LogP contribution in [0.15, 0.2) is 42.7 Å². The average Bonchev–Trinajstić information content (AvgIpc) is 3.21. The summed E-state index contributed by atoms with van der Waals surface area (Å²) in [6.07, 6.45) is 8.24. The minimum absolute atomic E-state index is 0.0330. The molecule has 6 heteroatoms. The SMILES string of the molecule is O=C(NCc1ncc[nH]1)N1CCCC2(CCCN(Cc3ccccc3)C2)C1. The number of rotatable bonds is 4. The van der Waals surface area contributed by atoms with Crippen molar-refractivity contribution >= 4 is 6.03 Å². The van der Waals surface area contributed by atoms with E-state index in [0.717, 1.165) is 45.0 Å². The highest BCUT2D eigenvalue weighted by Crippen LogP contribution is 2.38. The van der Waals surface area contributed by atoms with Crippen LogP contribution in [0.3, 0.4) is 0 Å². The van der Waals surface area contributed by atoms with Crippen molar-refractivity contribution in [3.63, 3.8) is 0 Å². The number of hydrogen-bond acceptors (Lipinski definition) is 3. The molecule has 27 heavy (non-hydrogen) atoms. The number of urea groups is 1. The van der Waals surface area contributed by atoms with E-state index in [0.29, 0.717) is 6.54 Å². The lowest BCUT2D eigenvalue weighted by molar-refractivity contribution is 0.0234. The highest BCUT2D eigenvalue weighted by Gasteiger charge is 2.40. The van der Waals surface area contributed by atoms with Gasteiger partial charge in [-0.05, 0) is 37.8 Å². The van der Waals surface area contributed by atoms with Crippen molar-refractivity contribution in [2.24, 2.45) is 5.41 Å². The minimum Gasteiger partial charge on any atom is -0.347 e. The van der Waals surface area contributed by atoms with E-state index in [9.17, 15) is 4.79 Å². The summed E-state index contributed by atoms with van der Waals surface area (Å²) in [5.41, 5.74) is 1.62. The summed E-state index contributed by atoms with van der Waals surface area (Å²) in [7, 11) is 0. The smallest absolute Gasteiger partial charge is 0.317 e. The van der Waals surface area contributed by atoms with Gasteiger partial charge in [0.05, 0.1) is 6.54 Å². The second-order valence-electron chi connectivity index (χ2n) is 8.02. The van der Waals surface area contributed by atoms with Crippen LogP contribution in [-0.2, 0) is 13.1 Å². The molecule has 1 aromatic heterocycles. The number of nitrogens with zero attached hydrogens (tertiary/aromatic N) is 3. The Balaban J connectivity index is 1.35. The van der Waals surface area contributed by atoms with Crippen LogP contribution in [0.25, 0.3) is 0 Å². The number of aromatic amines is 1. The standard InChI is InChI=1S/C21H29N5O/c27-20(24-14-19-22-10-11-23-19)26-13-5-9-21(17-26)8-4-12-25(16-21)15-18-6-2-1-3-7-18/h1-3,6-7,10-11H,4-5,8-9,12-17H2,(H,22,23)(H,24,27). The molecule has 2 aliphatic heterocycles. The van der Waals surface area contributed by atoms with Gasteiger partial charge in [0.15, 0.2) is 0 Å². The summed E-state index contributed by atoms with van der Waals surface area (Å²) in [6.45, 7) is 5.42. The summed E-state index contributed by atoms with van der Waals surface area (Å²) in [5.74, 6) is 0.793. The molecule has 2 aliphatic rings. The van der Waals surface area contributed by atoms with Gasteiger partial charge in [0, 0.05) is 44.0 Å². The zero-order valence-corrected chi connectivity index (χ0v) is 15.9. The first-order valence-electron chi connectivity index (χ1n) is 10.00. The zero-order valence-electron chi connectivity index (χ0n) is 15.9. The summed E-state index contributed by atoms with van der Waals surface area (Å²) in [5, 5.41) is 3.01. The topological polar surface area (TPSA) is 64.3 Å². The van der Waals surface area contributed by atoms with E-state index in [1.807, 2.05) is 4.90 Å². The van der Waals surface area contributed by atoms with Gasteiger partial charge in [-0.15, -0.1) is 0 Å². The van der Waals surface area contributed by atoms with Crippen LogP contribution in [0.4, 0.5) is 4.79 Å². The number of aromatic nitrogens is 2. The fourth-order valence-electron chi connectivity index (χ4n) is 4.67. The Morgan fingerprint density at radius 1 is 1.15 bits per heavy atom. The Morgan fingerprint density at radius 3 is 2.74 bits per heavy atom. The molecule has 2 saturated heterocycles. The first-order chi connectivity index (χ1) is 13.2. The lowest BCUT2D eigenvalue weighted by Crippen LogP contribution is -2.55. The molecule has 4 rings (SSSR count). The molecule has 2 aromatic rings. The Bertz CT molecular complexity index is 728. The lowest BCUT2D eigenvalue weighted by Gasteiger charge is -2.48. The number of nitrogens with one attached hydrogen (secondary N) is 2. The third-order valence-electron chi connectivity index (χ3n) is 5.90. The van der Waals surface area contributed by atoms with Crippen LogP contribution in [0.5, 0.6) is 0 Å². The van der Waals surface area contributed by atoms with Crippen molar-refractivity contribution in [1.29, 1.82) is 0 Å². The molecule has 1 aromatic carbocycles. The first kappa shape index (κ1) is 18.0. The van der Waals surface area contributed by atoms with E-state index in [4.69, 9.17) is 0 Å². The molecule has 144 valence electrons. The molecule has 3 heterocycles. The summed E-state index contributed by atoms with van der Waals surface area (Å²) in [4.78, 5) is 24.4. The predicted molar refractivity (Wildman–Crippen MR) is 105 cm³/mol. The molecule has 1 atom stereocenters. The number of H-pyrrole nitrogens is 1. The largest absolute Gasteiger partial charge is 0.347 e. The quantitative estimate of drug-likeness (QED) is 0.873. The minimum atomic E-state index is 0.0330. The van der Waals surface area contributed by atoms with Crippen LogP contribution < -0.4 is 5.32 Å². The molecule has 0 bridgehead atoms. The number of imidazole rings is 1. The van der Waals surface area contributed by atoms with Gasteiger partial charge < -0.3 is 15.2 Å². The fourth-order valence-corrected chi connectivity index (χ4v) is 4.67. The molecular weight excluding hydrogens is 338 g/mol. The molecule has 2 N–H and O–H groups in total. The van der Waals surface area contributed by atoms with Gasteiger partial charge >= 0.3 is 6.03 Å². The van der Waals surface area contributed by atoms with Gasteiger partial charge in [-0.25, -0.2) is 9.78 Å². The summed E-state index contributed by atoms with van der Waals surface area (Å²) >= 11 is 0. The molecular formula is C21H29N5O. The van der Waals surface area contributed by atoms with Gasteiger partial charge in [0.1, 0.15) is 5.82 Å². The van der Waals surface area contributed by atoms with Gasteiger partial charge in [0.2, 0.25) is 0 Å². The van der Waals surface area contributed by atoms with Crippen molar-refractivity contribution in [1.82, 2.24) is 25.1 Å². The highest BCUT2D eigenvalue weighted by molar-refractivity contribution is 5.74. The zero-order chi connectivity index (χ0) is 18.5. The van der Waals surface area contributed by atoms with E-state index >= 15 is 0 Å². The number of carbonyl (C=O) groups is 1. The van der Waals surface area contributed by atoms with Gasteiger partial charge in [-0.2, -0.15) is 0 Å². The van der Waals surface area contributed by atoms with E-state index in [-0.39, 0.29) is 11.4 Å². The molecule has 6 nitrogen and oxygen atoms in total. The second kappa shape index (κ2) is 8.13. The maximum Gasteiger partial charge on any atom is 0.317 e. The Labute approximate surface area is 161 Å². The maximum atomic E-state index is 12.7. The number of likely N-dealkylation sites (tertiary alicyclic amines) is 2. The maximum absolute atomic E-state index is 12.7. The highest BCUT2D eigenvalue weighted by atomic mass is 16.2. The number of amides is 2. The third-order valence-corrected chi connectivity index (χ3v) is 5.90. The number of carbonyl (C=O) groups excluding carboxylic acids is 1. The molecule has 0 saturated carbocycles. The van der Waals surface area contributed by atoms with E-state index in [1.165, 1.54) is 24.8 Å². The van der Waals surface area contributed by atoms with E-state index in [2.05, 4.69) is 50.5 Å². The summed E-state index contributed by atoms with van der Waals surface area (Å²) in [6, 6.07) is 10.7. The van der Waals surface area contributed by atoms with Crippen LogP contribution >= 0.6 is 0 Å². The predicted octanol–water partition coefficient (Wildman–Crippen LogP) is 3.00. The Hall–Kier alpha value is -2.34. The van der Waals surface area contributed by atoms with Crippen molar-refractivity contribution in [2.75, 3.05) is 26.2 Å². The van der Waals surface area contributed by atoms with Crippen molar-refractivity contribution < 1.29 is 4.79 Å². The van der Waals surface area contributed by atoms with Crippen molar-refractivity contribution in [3.8, 4) is 0 Å². The molecule has 2 amide bonds. The molecule has 0 radical (unpaired) electrons. The van der Waals surface area contributed by atoms with E-state index < -0.39 is 0 Å². The van der Waals surface area contributed by atoms with Gasteiger partial charge in [0.25, 0.3) is 0 Å². The van der Waals surface area contributed by atoms with Crippen LogP contribution in [0.2, 0.25) is 0 Å². The van der Waals surface area contributed by atoms with Gasteiger partial charge in [-0.3, -0.25) is 4.90 Å². The lowest BCUT2D eigenvalue weighted by atomic mass is 9.73. The molecule has 1 unspecified atom stereocenters. The second-order valence-corrected chi connectivity index (χ2v) is 8.02. The van der Waals surface area contributed by atoms with Crippen LogP contribution in [0, 0.1) is 5.41 Å². The molecule has 1 spiro atoms. The number of hydrogen-bond donors (Lipinski definition) is 2. The third kappa shape index (κ3) is 4.50. The van der Waals surface area contributed by atoms with Gasteiger partial charge in [-0.1, -0.05) is 30.3 Å². The van der Waals surface area contributed by atoms with E-state index in [1.54, 1.807) is 12.4 Å². The number of benzene rings is 1. The fraction of sp³-hybridized carbons (Fsp3) is 0.524. The van der Waals surface area contributed by atoms with Crippen LogP contribution in [-0.4, -0.2) is 52.0 Å². The van der Waals surface area contributed by atoms with Crippen molar-refractivity contribution in [3.05, 3.63) is 54.1 Å². The number of piperidine rings is 2. The first-order valence-corrected chi connectivity index (χ1v) is 10.00. The Morgan fingerprint density at radius 2 is 1.96 bits per heavy atom. The van der Waals surface area contributed by atoms with Crippen molar-refractivity contribution in [2.45, 2.75) is 38.8 Å². The molecule has 2 fully saturated rings. The summed E-state index contributed by atoms with van der Waals surface area (Å²) < 4.78 is 0. The van der Waals surface area contributed by atoms with Crippen LogP contribution in [0.1, 0.15) is 37.1 Å². The average molecular weight is 367 g/mol. The Kier molecular flexibility index (Phi) is 5.43. The normalized spacial score (nSPS) is 23.5.